The number of hydrazone groups is 1. The monoisotopic (exact) mass is 632 g/mol. The van der Waals surface area contributed by atoms with Crippen molar-refractivity contribution in [1.82, 2.24) is 9.99 Å². The highest BCUT2D eigenvalue weighted by atomic mass is 35.5. The molecule has 0 saturated carbocycles. The van der Waals surface area contributed by atoms with Gasteiger partial charge in [0.05, 0.1) is 28.9 Å². The molecule has 0 bridgehead atoms. The third-order valence-corrected chi connectivity index (χ3v) is 8.81. The van der Waals surface area contributed by atoms with E-state index in [9.17, 15) is 13.2 Å². The lowest BCUT2D eigenvalue weighted by molar-refractivity contribution is -0.119. The number of hydrogen-bond donors (Lipinski definition) is 1. The predicted octanol–water partition coefficient (Wildman–Crippen LogP) is 6.72. The summed E-state index contributed by atoms with van der Waals surface area (Å²) < 4.78 is 35.4. The summed E-state index contributed by atoms with van der Waals surface area (Å²) >= 11 is 18.7. The van der Waals surface area contributed by atoms with Crippen molar-refractivity contribution in [3.8, 4) is 11.4 Å². The van der Waals surface area contributed by atoms with Crippen LogP contribution in [0.15, 0.2) is 76.7 Å². The van der Waals surface area contributed by atoms with E-state index in [1.807, 2.05) is 31.4 Å². The van der Waals surface area contributed by atoms with Gasteiger partial charge in [-0.3, -0.25) is 9.10 Å². The topological polar surface area (TPSA) is 93.0 Å². The Hall–Kier alpha value is -3.50. The Morgan fingerprint density at radius 2 is 1.63 bits per heavy atom. The van der Waals surface area contributed by atoms with E-state index in [0.29, 0.717) is 15.8 Å². The molecule has 1 N–H and O–H groups in total. The minimum Gasteiger partial charge on any atom is -0.495 e. The van der Waals surface area contributed by atoms with Crippen LogP contribution in [-0.2, 0) is 14.8 Å². The molecule has 0 fully saturated rings. The number of hydrogen-bond acceptors (Lipinski definition) is 5. The highest BCUT2D eigenvalue weighted by Crippen LogP contribution is 2.32. The quantitative estimate of drug-likeness (QED) is 0.164. The van der Waals surface area contributed by atoms with Crippen LogP contribution in [-0.4, -0.2) is 38.8 Å². The number of ether oxygens (including phenoxy) is 1. The lowest BCUT2D eigenvalue weighted by Gasteiger charge is -2.24. The van der Waals surface area contributed by atoms with Crippen LogP contribution in [0.3, 0.4) is 0 Å². The maximum Gasteiger partial charge on any atom is 0.264 e. The molecule has 0 aliphatic rings. The summed E-state index contributed by atoms with van der Waals surface area (Å²) in [5, 5.41) is 5.29. The first kappa shape index (κ1) is 30.5. The molecule has 0 atom stereocenters. The predicted molar refractivity (Wildman–Crippen MR) is 165 cm³/mol. The maximum absolute atomic E-state index is 13.6. The molecule has 0 saturated heterocycles. The van der Waals surface area contributed by atoms with E-state index in [4.69, 9.17) is 39.5 Å². The SMILES string of the molecule is COc1ccc(N(CC(=O)N/N=C\c2cc(C)n(-c3cc(Cl)cc(Cl)c3)c2C)S(=O)(=O)c2ccc(C)cc2)cc1Cl. The Morgan fingerprint density at radius 1 is 0.976 bits per heavy atom. The Kier molecular flexibility index (Phi) is 9.34. The molecule has 0 radical (unpaired) electrons. The molecule has 0 aliphatic carbocycles. The highest BCUT2D eigenvalue weighted by Gasteiger charge is 2.28. The summed E-state index contributed by atoms with van der Waals surface area (Å²) in [5.74, 6) is -0.283. The molecule has 1 heterocycles. The lowest BCUT2D eigenvalue weighted by Crippen LogP contribution is -2.39. The molecule has 4 aromatic rings. The van der Waals surface area contributed by atoms with E-state index < -0.39 is 22.5 Å². The van der Waals surface area contributed by atoms with Crippen molar-refractivity contribution in [3.63, 3.8) is 0 Å². The molecule has 1 amide bonds. The fourth-order valence-corrected chi connectivity index (χ4v) is 6.47. The number of aromatic nitrogens is 1. The highest BCUT2D eigenvalue weighted by molar-refractivity contribution is 7.92. The van der Waals surface area contributed by atoms with Crippen LogP contribution < -0.4 is 14.5 Å². The Balaban J connectivity index is 1.59. The van der Waals surface area contributed by atoms with Crippen molar-refractivity contribution < 1.29 is 17.9 Å². The van der Waals surface area contributed by atoms with Gasteiger partial charge in [0.15, 0.2) is 0 Å². The van der Waals surface area contributed by atoms with Gasteiger partial charge in [-0.2, -0.15) is 5.10 Å². The van der Waals surface area contributed by atoms with E-state index in [1.54, 1.807) is 30.3 Å². The minimum atomic E-state index is -4.13. The number of aryl methyl sites for hydroxylation is 2. The summed E-state index contributed by atoms with van der Waals surface area (Å²) in [6.45, 7) is 5.13. The van der Waals surface area contributed by atoms with E-state index in [2.05, 4.69) is 10.5 Å². The number of nitrogens with zero attached hydrogens (tertiary/aromatic N) is 3. The molecule has 1 aromatic heterocycles. The molecule has 41 heavy (non-hydrogen) atoms. The van der Waals surface area contributed by atoms with Gasteiger partial charge in [0.25, 0.3) is 15.9 Å². The zero-order valence-electron chi connectivity index (χ0n) is 22.7. The third-order valence-electron chi connectivity index (χ3n) is 6.29. The van der Waals surface area contributed by atoms with Gasteiger partial charge in [-0.15, -0.1) is 0 Å². The normalized spacial score (nSPS) is 11.6. The van der Waals surface area contributed by atoms with Crippen LogP contribution in [0.25, 0.3) is 5.69 Å². The third kappa shape index (κ3) is 6.87. The van der Waals surface area contributed by atoms with Gasteiger partial charge < -0.3 is 9.30 Å². The zero-order chi connectivity index (χ0) is 29.9. The van der Waals surface area contributed by atoms with E-state index in [0.717, 1.165) is 32.5 Å². The van der Waals surface area contributed by atoms with Crippen LogP contribution in [0.4, 0.5) is 5.69 Å². The zero-order valence-corrected chi connectivity index (χ0v) is 25.7. The minimum absolute atomic E-state index is 0.0277. The van der Waals surface area contributed by atoms with Crippen LogP contribution in [0.2, 0.25) is 15.1 Å². The molecule has 0 spiro atoms. The van der Waals surface area contributed by atoms with Crippen molar-refractivity contribution >= 4 is 62.6 Å². The summed E-state index contributed by atoms with van der Waals surface area (Å²) in [5.41, 5.74) is 6.80. The number of sulfonamides is 1. The lowest BCUT2D eigenvalue weighted by atomic mass is 10.2. The van der Waals surface area contributed by atoms with Crippen molar-refractivity contribution in [1.29, 1.82) is 0 Å². The van der Waals surface area contributed by atoms with E-state index in [-0.39, 0.29) is 15.6 Å². The second-order valence-corrected chi connectivity index (χ2v) is 12.4. The standard InChI is InChI=1S/C29H27Cl3N4O4S/c1-18-5-8-26(9-6-18)41(38,39)35(24-7-10-28(40-4)27(32)15-24)17-29(37)34-33-16-21-11-19(2)36(20(21)3)25-13-22(30)12-23(31)14-25/h5-16H,17H2,1-4H3,(H,34,37)/b33-16-. The molecular weight excluding hydrogens is 607 g/mol. The number of amides is 1. The molecule has 0 aliphatic heterocycles. The first-order valence-corrected chi connectivity index (χ1v) is 14.9. The summed E-state index contributed by atoms with van der Waals surface area (Å²) in [4.78, 5) is 13.0. The number of benzene rings is 3. The van der Waals surface area contributed by atoms with Crippen molar-refractivity contribution in [2.75, 3.05) is 18.0 Å². The first-order valence-electron chi connectivity index (χ1n) is 12.3. The number of carbonyl (C=O) groups excluding carboxylic acids is 1. The molecule has 8 nitrogen and oxygen atoms in total. The Morgan fingerprint density at radius 3 is 2.24 bits per heavy atom. The van der Waals surface area contributed by atoms with Gasteiger partial charge in [-0.05, 0) is 75.4 Å². The van der Waals surface area contributed by atoms with E-state index >= 15 is 0 Å². The van der Waals surface area contributed by atoms with Crippen LogP contribution in [0.5, 0.6) is 5.75 Å². The van der Waals surface area contributed by atoms with Crippen LogP contribution in [0, 0.1) is 20.8 Å². The number of nitrogens with one attached hydrogen (secondary N) is 1. The molecule has 3 aromatic carbocycles. The fraction of sp³-hybridized carbons (Fsp3) is 0.172. The number of anilines is 1. The van der Waals surface area contributed by atoms with Crippen molar-refractivity contribution in [2.24, 2.45) is 5.10 Å². The average molecular weight is 634 g/mol. The van der Waals surface area contributed by atoms with Crippen molar-refractivity contribution in [2.45, 2.75) is 25.7 Å². The van der Waals surface area contributed by atoms with Gasteiger partial charge >= 0.3 is 0 Å². The second-order valence-electron chi connectivity index (χ2n) is 9.23. The maximum atomic E-state index is 13.6. The summed E-state index contributed by atoms with van der Waals surface area (Å²) in [6.07, 6.45) is 1.49. The van der Waals surface area contributed by atoms with Gasteiger partial charge in [0.1, 0.15) is 12.3 Å². The van der Waals surface area contributed by atoms with Crippen LogP contribution >= 0.6 is 34.8 Å². The summed E-state index contributed by atoms with van der Waals surface area (Å²) in [7, 11) is -2.68. The number of halogens is 3. The number of carbonyl (C=O) groups is 1. The molecular formula is C29H27Cl3N4O4S. The smallest absolute Gasteiger partial charge is 0.264 e. The molecule has 0 unspecified atom stereocenters. The van der Waals surface area contributed by atoms with Gasteiger partial charge in [0.2, 0.25) is 0 Å². The van der Waals surface area contributed by atoms with Gasteiger partial charge in [-0.1, -0.05) is 52.5 Å². The van der Waals surface area contributed by atoms with Crippen molar-refractivity contribution in [3.05, 3.63) is 104 Å². The number of rotatable bonds is 9. The molecule has 12 heteroatoms. The first-order chi connectivity index (χ1) is 19.4. The van der Waals surface area contributed by atoms with Gasteiger partial charge in [0, 0.05) is 32.7 Å². The number of methoxy groups -OCH3 is 1. The molecule has 4 rings (SSSR count). The van der Waals surface area contributed by atoms with Crippen LogP contribution in [0.1, 0.15) is 22.5 Å². The Bertz CT molecular complexity index is 1720. The second kappa shape index (κ2) is 12.6. The Labute approximate surface area is 254 Å². The fourth-order valence-electron chi connectivity index (χ4n) is 4.29. The summed E-state index contributed by atoms with van der Waals surface area (Å²) in [6, 6.07) is 18.0. The average Bonchev–Trinajstić information content (AvgIpc) is 3.19. The largest absolute Gasteiger partial charge is 0.495 e. The molecule has 214 valence electrons. The van der Waals surface area contributed by atoms with E-state index in [1.165, 1.54) is 43.7 Å². The van der Waals surface area contributed by atoms with Gasteiger partial charge in [-0.25, -0.2) is 13.8 Å².